The fourth-order valence-electron chi connectivity index (χ4n) is 7.88. The quantitative estimate of drug-likeness (QED) is 0.210. The van der Waals surface area contributed by atoms with Crippen molar-refractivity contribution in [1.29, 1.82) is 0 Å². The molecule has 4 nitrogen and oxygen atoms in total. The maximum absolute atomic E-state index is 12.2. The average molecular weight is 575 g/mol. The lowest BCUT2D eigenvalue weighted by molar-refractivity contribution is -0.00616. The second-order valence-electron chi connectivity index (χ2n) is 14.6. The van der Waals surface area contributed by atoms with E-state index >= 15 is 0 Å². The molecule has 41 heavy (non-hydrogen) atoms. The van der Waals surface area contributed by atoms with Crippen molar-refractivity contribution in [2.75, 3.05) is 20.8 Å². The summed E-state index contributed by atoms with van der Waals surface area (Å²) in [4.78, 5) is 12.2. The van der Waals surface area contributed by atoms with Gasteiger partial charge < -0.3 is 13.9 Å². The van der Waals surface area contributed by atoms with Crippen LogP contribution in [0, 0.1) is 17.8 Å². The van der Waals surface area contributed by atoms with E-state index in [4.69, 9.17) is 13.9 Å². The summed E-state index contributed by atoms with van der Waals surface area (Å²) in [6.45, 7) is 11.9. The van der Waals surface area contributed by atoms with Crippen LogP contribution < -0.4 is 4.74 Å². The van der Waals surface area contributed by atoms with Crippen molar-refractivity contribution >= 4 is 19.9 Å². The van der Waals surface area contributed by atoms with Crippen molar-refractivity contribution in [3.63, 3.8) is 0 Å². The first kappa shape index (κ1) is 30.1. The van der Waals surface area contributed by atoms with Crippen LogP contribution in [0.4, 0.5) is 0 Å². The number of allylic oxidation sites excluding steroid dienone is 1. The van der Waals surface area contributed by atoms with Crippen molar-refractivity contribution in [2.24, 2.45) is 17.8 Å². The summed E-state index contributed by atoms with van der Waals surface area (Å²) in [5.41, 5.74) is 5.80. The van der Waals surface area contributed by atoms with Gasteiger partial charge in [0.15, 0.2) is 8.32 Å². The average Bonchev–Trinajstić information content (AvgIpc) is 2.93. The Bertz CT molecular complexity index is 1250. The molecule has 0 amide bonds. The second-order valence-corrected chi connectivity index (χ2v) is 19.4. The van der Waals surface area contributed by atoms with Gasteiger partial charge in [0.25, 0.3) is 0 Å². The molecule has 0 saturated heterocycles. The molecule has 6 rings (SSSR count). The summed E-state index contributed by atoms with van der Waals surface area (Å²) in [5, 5.41) is 0.126. The van der Waals surface area contributed by atoms with Crippen molar-refractivity contribution in [2.45, 2.75) is 95.7 Å². The maximum Gasteiger partial charge on any atom is 0.337 e. The van der Waals surface area contributed by atoms with E-state index in [2.05, 4.69) is 64.2 Å². The predicted octanol–water partition coefficient (Wildman–Crippen LogP) is 8.99. The number of rotatable bonds is 10. The topological polar surface area (TPSA) is 44.8 Å². The van der Waals surface area contributed by atoms with E-state index in [0.717, 1.165) is 47.5 Å². The van der Waals surface area contributed by atoms with Gasteiger partial charge in [0.1, 0.15) is 5.75 Å². The van der Waals surface area contributed by atoms with Gasteiger partial charge in [-0.05, 0) is 128 Å². The van der Waals surface area contributed by atoms with Crippen LogP contribution in [-0.4, -0.2) is 35.1 Å². The van der Waals surface area contributed by atoms with Crippen molar-refractivity contribution in [3.8, 4) is 5.75 Å². The van der Waals surface area contributed by atoms with Crippen molar-refractivity contribution < 1.29 is 18.7 Å². The van der Waals surface area contributed by atoms with Crippen LogP contribution in [-0.2, 0) is 21.0 Å². The van der Waals surface area contributed by atoms with Gasteiger partial charge in [0.05, 0.1) is 26.4 Å². The normalized spacial score (nSPS) is 25.8. The number of ether oxygens (including phenoxy) is 2. The zero-order valence-electron chi connectivity index (χ0n) is 26.3. The van der Waals surface area contributed by atoms with E-state index in [9.17, 15) is 4.79 Å². The fraction of sp³-hybridized carbons (Fsp3) is 0.583. The lowest BCUT2D eigenvalue weighted by Crippen LogP contribution is -2.48. The van der Waals surface area contributed by atoms with E-state index in [1.54, 1.807) is 6.07 Å². The van der Waals surface area contributed by atoms with Gasteiger partial charge >= 0.3 is 5.97 Å². The van der Waals surface area contributed by atoms with Crippen LogP contribution in [0.3, 0.4) is 0 Å². The smallest absolute Gasteiger partial charge is 0.337 e. The molecule has 4 saturated carbocycles. The first-order valence-corrected chi connectivity index (χ1v) is 18.5. The minimum Gasteiger partial charge on any atom is -0.496 e. The first-order valence-electron chi connectivity index (χ1n) is 15.6. The number of methoxy groups -OCH3 is 2. The minimum absolute atomic E-state index is 0.126. The Hall–Kier alpha value is -2.37. The second kappa shape index (κ2) is 11.7. The number of aryl methyl sites for hydroxylation is 1. The van der Waals surface area contributed by atoms with E-state index in [1.165, 1.54) is 56.8 Å². The lowest BCUT2D eigenvalue weighted by atomic mass is 9.48. The van der Waals surface area contributed by atoms with Gasteiger partial charge in [-0.1, -0.05) is 51.1 Å². The van der Waals surface area contributed by atoms with Gasteiger partial charge in [0.2, 0.25) is 0 Å². The summed E-state index contributed by atoms with van der Waals surface area (Å²) < 4.78 is 17.7. The molecule has 4 fully saturated rings. The van der Waals surface area contributed by atoms with Crippen LogP contribution in [0.2, 0.25) is 18.1 Å². The largest absolute Gasteiger partial charge is 0.496 e. The number of carbonyl (C=O) groups is 1. The van der Waals surface area contributed by atoms with Crippen LogP contribution in [0.5, 0.6) is 5.75 Å². The highest BCUT2D eigenvalue weighted by Crippen LogP contribution is 2.61. The summed E-state index contributed by atoms with van der Waals surface area (Å²) in [6, 6.07) is 14.8. The molecular weight excluding hydrogens is 524 g/mol. The highest BCUT2D eigenvalue weighted by molar-refractivity contribution is 6.74. The predicted molar refractivity (Wildman–Crippen MR) is 170 cm³/mol. The number of hydrogen-bond acceptors (Lipinski definition) is 4. The molecule has 2 aromatic carbocycles. The van der Waals surface area contributed by atoms with Gasteiger partial charge in [-0.15, -0.1) is 0 Å². The standard InChI is InChI=1S/C36H50O4Si/c1-35(2,3)41(6,7)40-24-31(29-11-9-12-30(20-29)34(37)39-5)13-8-10-25-14-15-32(33(19-25)38-4)36-21-26-16-27(22-36)18-28(17-26)23-36/h9,11-15,19-20,26-28H,8,10,16-18,21-24H2,1-7H3. The molecule has 5 heteroatoms. The first-order chi connectivity index (χ1) is 19.4. The highest BCUT2D eigenvalue weighted by Gasteiger charge is 2.52. The van der Waals surface area contributed by atoms with Crippen molar-refractivity contribution in [1.82, 2.24) is 0 Å². The molecule has 4 aliphatic rings. The molecule has 0 N–H and O–H groups in total. The third-order valence-electron chi connectivity index (χ3n) is 10.7. The SMILES string of the molecule is COC(=O)c1cccc(C(=CCCc2ccc(C34CC5CC(CC(C5)C3)C4)c(OC)c2)CO[Si](C)(C)C(C)(C)C)c1. The lowest BCUT2D eigenvalue weighted by Gasteiger charge is -2.57. The Morgan fingerprint density at radius 2 is 1.59 bits per heavy atom. The monoisotopic (exact) mass is 574 g/mol. The fourth-order valence-corrected chi connectivity index (χ4v) is 8.83. The molecule has 222 valence electrons. The van der Waals surface area contributed by atoms with E-state index in [0.29, 0.717) is 17.6 Å². The molecule has 4 bridgehead atoms. The van der Waals surface area contributed by atoms with Gasteiger partial charge in [-0.25, -0.2) is 4.79 Å². The molecule has 0 radical (unpaired) electrons. The summed E-state index contributed by atoms with van der Waals surface area (Å²) in [7, 11) is 1.32. The summed E-state index contributed by atoms with van der Waals surface area (Å²) >= 11 is 0. The Labute approximate surface area is 249 Å². The molecule has 2 aromatic rings. The summed E-state index contributed by atoms with van der Waals surface area (Å²) in [6.07, 6.45) is 12.5. The Balaban J connectivity index is 1.35. The number of benzene rings is 2. The van der Waals surface area contributed by atoms with Crippen LogP contribution >= 0.6 is 0 Å². The highest BCUT2D eigenvalue weighted by atomic mass is 28.4. The molecule has 0 spiro atoms. The van der Waals surface area contributed by atoms with Gasteiger partial charge in [-0.3, -0.25) is 0 Å². The van der Waals surface area contributed by atoms with Crippen molar-refractivity contribution in [3.05, 3.63) is 70.8 Å². The molecule has 0 unspecified atom stereocenters. The Morgan fingerprint density at radius 3 is 2.17 bits per heavy atom. The molecule has 4 aliphatic carbocycles. The van der Waals surface area contributed by atoms with Gasteiger partial charge in [0, 0.05) is 5.56 Å². The molecule has 0 atom stereocenters. The zero-order chi connectivity index (χ0) is 29.4. The van der Waals surface area contributed by atoms with E-state index in [1.807, 2.05) is 19.2 Å². The maximum atomic E-state index is 12.2. The third-order valence-corrected chi connectivity index (χ3v) is 15.2. The Kier molecular flexibility index (Phi) is 8.60. The van der Waals surface area contributed by atoms with E-state index < -0.39 is 8.32 Å². The van der Waals surface area contributed by atoms with Gasteiger partial charge in [-0.2, -0.15) is 0 Å². The third kappa shape index (κ3) is 6.36. The minimum atomic E-state index is -1.94. The molecule has 0 aliphatic heterocycles. The van der Waals surface area contributed by atoms with Crippen LogP contribution in [0.25, 0.3) is 5.57 Å². The van der Waals surface area contributed by atoms with E-state index in [-0.39, 0.29) is 11.0 Å². The number of esters is 1. The Morgan fingerprint density at radius 1 is 0.951 bits per heavy atom. The van der Waals surface area contributed by atoms with Crippen LogP contribution in [0.1, 0.15) is 92.8 Å². The number of hydrogen-bond donors (Lipinski definition) is 0. The van der Waals surface area contributed by atoms with Crippen LogP contribution in [0.15, 0.2) is 48.5 Å². The number of carbonyl (C=O) groups excluding carboxylic acids is 1. The zero-order valence-corrected chi connectivity index (χ0v) is 27.3. The summed E-state index contributed by atoms with van der Waals surface area (Å²) in [5.74, 6) is 3.52. The molecule has 0 aromatic heterocycles. The molecule has 0 heterocycles. The molecular formula is C36H50O4Si.